The van der Waals surface area contributed by atoms with Gasteiger partial charge in [-0.05, 0) is 43.0 Å². The Morgan fingerprint density at radius 1 is 1.41 bits per heavy atom. The van der Waals surface area contributed by atoms with Gasteiger partial charge in [0.25, 0.3) is 0 Å². The first-order valence-corrected chi connectivity index (χ1v) is 7.58. The molecule has 1 aromatic rings. The second kappa shape index (κ2) is 4.74. The Bertz CT molecular complexity index is 507. The molecular weight excluding hydrogens is 241 g/mol. The summed E-state index contributed by atoms with van der Waals surface area (Å²) in [6.07, 6.45) is 3.06. The number of hydrogen-bond donors (Lipinski definition) is 1. The molecule has 1 heterocycles. The van der Waals surface area contributed by atoms with Gasteiger partial charge in [-0.25, -0.2) is 12.8 Å². The highest BCUT2D eigenvalue weighted by molar-refractivity contribution is 7.90. The van der Waals surface area contributed by atoms with Crippen molar-refractivity contribution in [1.82, 2.24) is 5.32 Å². The fourth-order valence-electron chi connectivity index (χ4n) is 2.19. The molecule has 94 valence electrons. The van der Waals surface area contributed by atoms with Gasteiger partial charge in [0.1, 0.15) is 5.82 Å². The minimum Gasteiger partial charge on any atom is -0.316 e. The largest absolute Gasteiger partial charge is 0.316 e. The Morgan fingerprint density at radius 2 is 2.18 bits per heavy atom. The van der Waals surface area contributed by atoms with Crippen molar-refractivity contribution in [2.45, 2.75) is 23.7 Å². The Labute approximate surface area is 101 Å². The van der Waals surface area contributed by atoms with E-state index in [1.54, 1.807) is 6.07 Å². The molecule has 3 nitrogen and oxygen atoms in total. The average molecular weight is 257 g/mol. The first-order valence-electron chi connectivity index (χ1n) is 5.69. The molecule has 2 rings (SSSR count). The number of rotatable bonds is 2. The molecule has 0 aliphatic carbocycles. The Kier molecular flexibility index (Phi) is 3.49. The Hall–Kier alpha value is -0.940. The van der Waals surface area contributed by atoms with Gasteiger partial charge in [-0.3, -0.25) is 0 Å². The molecule has 0 bridgehead atoms. The first kappa shape index (κ1) is 12.5. The summed E-state index contributed by atoms with van der Waals surface area (Å²) >= 11 is 0. The summed E-state index contributed by atoms with van der Waals surface area (Å²) in [6.45, 7) is 1.73. The van der Waals surface area contributed by atoms with Crippen molar-refractivity contribution < 1.29 is 12.8 Å². The van der Waals surface area contributed by atoms with Gasteiger partial charge in [0.05, 0.1) is 4.90 Å². The summed E-state index contributed by atoms with van der Waals surface area (Å²) in [5.41, 5.74) is 0.615. The van der Waals surface area contributed by atoms with Gasteiger partial charge >= 0.3 is 0 Å². The van der Waals surface area contributed by atoms with E-state index < -0.39 is 15.7 Å². The summed E-state index contributed by atoms with van der Waals surface area (Å²) in [4.78, 5) is 0.0440. The molecule has 0 saturated carbocycles. The fraction of sp³-hybridized carbons (Fsp3) is 0.500. The van der Waals surface area contributed by atoms with Gasteiger partial charge < -0.3 is 5.32 Å². The van der Waals surface area contributed by atoms with E-state index in [1.807, 2.05) is 0 Å². The lowest BCUT2D eigenvalue weighted by Crippen LogP contribution is -2.28. The summed E-state index contributed by atoms with van der Waals surface area (Å²) < 4.78 is 36.5. The minimum absolute atomic E-state index is 0.0440. The molecule has 0 aromatic heterocycles. The van der Waals surface area contributed by atoms with E-state index in [0.29, 0.717) is 5.56 Å². The normalized spacial score (nSPS) is 21.4. The van der Waals surface area contributed by atoms with Crippen LogP contribution in [0, 0.1) is 5.82 Å². The molecule has 1 fully saturated rings. The van der Waals surface area contributed by atoms with E-state index in [-0.39, 0.29) is 10.8 Å². The number of nitrogens with one attached hydrogen (secondary N) is 1. The van der Waals surface area contributed by atoms with Gasteiger partial charge in [-0.1, -0.05) is 6.07 Å². The number of sulfone groups is 1. The number of piperidine rings is 1. The molecule has 5 heteroatoms. The smallest absolute Gasteiger partial charge is 0.175 e. The van der Waals surface area contributed by atoms with Gasteiger partial charge in [-0.15, -0.1) is 0 Å². The van der Waals surface area contributed by atoms with E-state index in [4.69, 9.17) is 0 Å². The van der Waals surface area contributed by atoms with Crippen LogP contribution in [0.2, 0.25) is 0 Å². The third-order valence-electron chi connectivity index (χ3n) is 3.14. The van der Waals surface area contributed by atoms with Crippen molar-refractivity contribution in [2.75, 3.05) is 19.3 Å². The zero-order valence-electron chi connectivity index (χ0n) is 9.74. The van der Waals surface area contributed by atoms with Gasteiger partial charge in [0, 0.05) is 12.8 Å². The molecule has 1 aromatic carbocycles. The van der Waals surface area contributed by atoms with Crippen LogP contribution in [0.4, 0.5) is 4.39 Å². The van der Waals surface area contributed by atoms with Gasteiger partial charge in [0.15, 0.2) is 9.84 Å². The monoisotopic (exact) mass is 257 g/mol. The highest BCUT2D eigenvalue weighted by atomic mass is 32.2. The topological polar surface area (TPSA) is 46.2 Å². The molecule has 1 aliphatic rings. The quantitative estimate of drug-likeness (QED) is 0.877. The molecular formula is C12H16FNO2S. The molecule has 1 saturated heterocycles. The number of benzene rings is 1. The lowest BCUT2D eigenvalue weighted by molar-refractivity contribution is 0.446. The average Bonchev–Trinajstić information content (AvgIpc) is 2.29. The number of hydrogen-bond acceptors (Lipinski definition) is 3. The third kappa shape index (κ3) is 2.84. The highest BCUT2D eigenvalue weighted by Gasteiger charge is 2.20. The predicted octanol–water partition coefficient (Wildman–Crippen LogP) is 1.70. The SMILES string of the molecule is CS(=O)(=O)c1ccc(C2CCCNC2)c(F)c1. The van der Waals surface area contributed by atoms with Gasteiger partial charge in [0.2, 0.25) is 0 Å². The van der Waals surface area contributed by atoms with Crippen molar-refractivity contribution >= 4 is 9.84 Å². The molecule has 17 heavy (non-hydrogen) atoms. The van der Waals surface area contributed by atoms with E-state index in [1.165, 1.54) is 6.07 Å². The molecule has 1 aliphatic heterocycles. The van der Waals surface area contributed by atoms with Crippen LogP contribution in [0.3, 0.4) is 0 Å². The maximum atomic E-state index is 13.9. The Morgan fingerprint density at radius 3 is 2.71 bits per heavy atom. The zero-order valence-corrected chi connectivity index (χ0v) is 10.6. The Balaban J connectivity index is 2.31. The predicted molar refractivity (Wildman–Crippen MR) is 64.4 cm³/mol. The van der Waals surface area contributed by atoms with Crippen molar-refractivity contribution in [2.24, 2.45) is 0 Å². The van der Waals surface area contributed by atoms with Crippen LogP contribution in [0.15, 0.2) is 23.1 Å². The minimum atomic E-state index is -3.33. The first-order chi connectivity index (χ1) is 7.98. The van der Waals surface area contributed by atoms with E-state index in [9.17, 15) is 12.8 Å². The summed E-state index contributed by atoms with van der Waals surface area (Å²) in [6, 6.07) is 4.21. The maximum absolute atomic E-state index is 13.9. The zero-order chi connectivity index (χ0) is 12.5. The highest BCUT2D eigenvalue weighted by Crippen LogP contribution is 2.27. The summed E-state index contributed by atoms with van der Waals surface area (Å²) in [5, 5.41) is 3.22. The van der Waals surface area contributed by atoms with Crippen LogP contribution in [0.25, 0.3) is 0 Å². The lowest BCUT2D eigenvalue weighted by Gasteiger charge is -2.23. The molecule has 0 spiro atoms. The van der Waals surface area contributed by atoms with Crippen molar-refractivity contribution in [1.29, 1.82) is 0 Å². The van der Waals surface area contributed by atoms with E-state index in [2.05, 4.69) is 5.32 Å². The lowest BCUT2D eigenvalue weighted by atomic mass is 9.91. The van der Waals surface area contributed by atoms with Crippen molar-refractivity contribution in [3.63, 3.8) is 0 Å². The maximum Gasteiger partial charge on any atom is 0.175 e. The van der Waals surface area contributed by atoms with Crippen molar-refractivity contribution in [3.8, 4) is 0 Å². The van der Waals surface area contributed by atoms with Crippen LogP contribution in [0.5, 0.6) is 0 Å². The number of halogens is 1. The van der Waals surface area contributed by atoms with E-state index >= 15 is 0 Å². The molecule has 1 unspecified atom stereocenters. The standard InChI is InChI=1S/C12H16FNO2S/c1-17(15,16)10-4-5-11(12(13)7-10)9-3-2-6-14-8-9/h4-5,7,9,14H,2-3,6,8H2,1H3. The van der Waals surface area contributed by atoms with Gasteiger partial charge in [-0.2, -0.15) is 0 Å². The van der Waals surface area contributed by atoms with Crippen LogP contribution >= 0.6 is 0 Å². The third-order valence-corrected chi connectivity index (χ3v) is 4.25. The van der Waals surface area contributed by atoms with Crippen LogP contribution in [-0.4, -0.2) is 27.8 Å². The summed E-state index contributed by atoms with van der Waals surface area (Å²) in [5.74, 6) is -0.265. The molecule has 0 amide bonds. The van der Waals surface area contributed by atoms with E-state index in [0.717, 1.165) is 38.3 Å². The fourth-order valence-corrected chi connectivity index (χ4v) is 2.82. The van der Waals surface area contributed by atoms with Crippen LogP contribution in [0.1, 0.15) is 24.3 Å². The summed E-state index contributed by atoms with van der Waals surface area (Å²) in [7, 11) is -3.33. The van der Waals surface area contributed by atoms with Crippen molar-refractivity contribution in [3.05, 3.63) is 29.6 Å². The second-order valence-electron chi connectivity index (χ2n) is 4.50. The van der Waals surface area contributed by atoms with Crippen LogP contribution in [-0.2, 0) is 9.84 Å². The molecule has 0 radical (unpaired) electrons. The second-order valence-corrected chi connectivity index (χ2v) is 6.51. The van der Waals surface area contributed by atoms with Crippen LogP contribution < -0.4 is 5.32 Å². The molecule has 1 N–H and O–H groups in total. The molecule has 1 atom stereocenters.